The Hall–Kier alpha value is -2.63. The van der Waals surface area contributed by atoms with Gasteiger partial charge in [-0.05, 0) is 37.3 Å². The van der Waals surface area contributed by atoms with Gasteiger partial charge in [0, 0.05) is 18.1 Å². The Balaban J connectivity index is 1.97. The van der Waals surface area contributed by atoms with Gasteiger partial charge in [0.25, 0.3) is 11.5 Å². The Morgan fingerprint density at radius 2 is 2.00 bits per heavy atom. The molecule has 0 aliphatic carbocycles. The fourth-order valence-corrected chi connectivity index (χ4v) is 3.05. The van der Waals surface area contributed by atoms with E-state index in [4.69, 9.17) is 0 Å². The molecule has 0 radical (unpaired) electrons. The third kappa shape index (κ3) is 2.84. The molecule has 1 aliphatic rings. The van der Waals surface area contributed by atoms with Crippen molar-refractivity contribution in [2.75, 3.05) is 6.54 Å². The minimum atomic E-state index is -0.901. The van der Waals surface area contributed by atoms with E-state index in [2.05, 4.69) is 4.98 Å². The summed E-state index contributed by atoms with van der Waals surface area (Å²) in [7, 11) is 0. The van der Waals surface area contributed by atoms with E-state index in [0.717, 1.165) is 5.39 Å². The molecule has 1 aromatic carbocycles. The molecule has 2 N–H and O–H groups in total. The lowest BCUT2D eigenvalue weighted by Crippen LogP contribution is -2.48. The van der Waals surface area contributed by atoms with Gasteiger partial charge >= 0.3 is 5.97 Å². The summed E-state index contributed by atoms with van der Waals surface area (Å²) in [6.07, 6.45) is 1.17. The van der Waals surface area contributed by atoms with Gasteiger partial charge < -0.3 is 15.0 Å². The zero-order valence-electron chi connectivity index (χ0n) is 12.8. The number of fused-ring (bicyclic) bond motifs is 1. The first-order chi connectivity index (χ1) is 11.0. The highest BCUT2D eigenvalue weighted by atomic mass is 16.4. The van der Waals surface area contributed by atoms with Crippen molar-refractivity contribution in [1.29, 1.82) is 0 Å². The number of aromatic nitrogens is 1. The predicted octanol–water partition coefficient (Wildman–Crippen LogP) is 1.85. The Labute approximate surface area is 132 Å². The number of carbonyl (C=O) groups excluding carboxylic acids is 1. The van der Waals surface area contributed by atoms with Gasteiger partial charge in [0.05, 0.1) is 5.92 Å². The van der Waals surface area contributed by atoms with Crippen LogP contribution in [-0.2, 0) is 4.79 Å². The summed E-state index contributed by atoms with van der Waals surface area (Å²) in [5.41, 5.74) is 0.282. The van der Waals surface area contributed by atoms with E-state index < -0.39 is 23.4 Å². The topological polar surface area (TPSA) is 90.5 Å². The number of likely N-dealkylation sites (tertiary alicyclic amines) is 1. The first-order valence-electron chi connectivity index (χ1n) is 7.63. The van der Waals surface area contributed by atoms with Crippen LogP contribution in [0, 0.1) is 5.92 Å². The number of aliphatic carboxylic acids is 1. The Kier molecular flexibility index (Phi) is 3.90. The summed E-state index contributed by atoms with van der Waals surface area (Å²) in [5, 5.41) is 9.96. The quantitative estimate of drug-likeness (QED) is 0.885. The summed E-state index contributed by atoms with van der Waals surface area (Å²) >= 11 is 0. The highest BCUT2D eigenvalue weighted by Crippen LogP contribution is 2.24. The molecule has 1 amide bonds. The number of nitrogens with one attached hydrogen (secondary N) is 1. The monoisotopic (exact) mass is 314 g/mol. The fraction of sp³-hybridized carbons (Fsp3) is 0.353. The van der Waals surface area contributed by atoms with Crippen molar-refractivity contribution in [2.24, 2.45) is 5.92 Å². The summed E-state index contributed by atoms with van der Waals surface area (Å²) in [6, 6.07) is 8.73. The summed E-state index contributed by atoms with van der Waals surface area (Å²) in [6.45, 7) is 2.02. The van der Waals surface area contributed by atoms with E-state index >= 15 is 0 Å². The predicted molar refractivity (Wildman–Crippen MR) is 85.4 cm³/mol. The molecule has 0 spiro atoms. The molecule has 3 rings (SSSR count). The third-order valence-corrected chi connectivity index (χ3v) is 4.48. The van der Waals surface area contributed by atoms with Gasteiger partial charge in [-0.1, -0.05) is 18.2 Å². The lowest BCUT2D eigenvalue weighted by molar-refractivity contribution is -0.143. The second kappa shape index (κ2) is 5.87. The van der Waals surface area contributed by atoms with Crippen molar-refractivity contribution in [3.8, 4) is 0 Å². The van der Waals surface area contributed by atoms with Gasteiger partial charge in [-0.15, -0.1) is 0 Å². The molecule has 1 aliphatic heterocycles. The molecule has 6 nitrogen and oxygen atoms in total. The molecule has 1 fully saturated rings. The molecule has 6 heteroatoms. The number of aromatic amines is 1. The van der Waals surface area contributed by atoms with Crippen LogP contribution in [0.2, 0.25) is 0 Å². The number of hydrogen-bond donors (Lipinski definition) is 2. The average molecular weight is 314 g/mol. The molecule has 1 saturated heterocycles. The van der Waals surface area contributed by atoms with Crippen LogP contribution < -0.4 is 5.56 Å². The van der Waals surface area contributed by atoms with Crippen molar-refractivity contribution in [2.45, 2.75) is 25.8 Å². The third-order valence-electron chi connectivity index (χ3n) is 4.48. The highest BCUT2D eigenvalue weighted by Gasteiger charge is 2.33. The second-order valence-electron chi connectivity index (χ2n) is 6.02. The zero-order valence-corrected chi connectivity index (χ0v) is 12.8. The number of H-pyrrole nitrogens is 1. The van der Waals surface area contributed by atoms with Gasteiger partial charge in [-0.2, -0.15) is 0 Å². The van der Waals surface area contributed by atoms with Gasteiger partial charge in [-0.25, -0.2) is 0 Å². The maximum atomic E-state index is 12.8. The highest BCUT2D eigenvalue weighted by molar-refractivity contribution is 5.97. The summed E-state index contributed by atoms with van der Waals surface area (Å²) in [5.74, 6) is -1.88. The normalized spacial score (nSPS) is 21.3. The van der Waals surface area contributed by atoms with E-state index in [9.17, 15) is 19.5 Å². The Morgan fingerprint density at radius 1 is 1.26 bits per heavy atom. The number of carboxylic acids is 1. The second-order valence-corrected chi connectivity index (χ2v) is 6.02. The number of piperidine rings is 1. The first-order valence-corrected chi connectivity index (χ1v) is 7.63. The van der Waals surface area contributed by atoms with Crippen LogP contribution in [0.4, 0.5) is 0 Å². The van der Waals surface area contributed by atoms with Crippen molar-refractivity contribution in [1.82, 2.24) is 9.88 Å². The molecular formula is C17H18N2O4. The molecule has 2 heterocycles. The molecular weight excluding hydrogens is 296 g/mol. The van der Waals surface area contributed by atoms with Crippen LogP contribution in [0.1, 0.15) is 30.1 Å². The maximum Gasteiger partial charge on any atom is 0.308 e. The number of carbonyl (C=O) groups is 2. The molecule has 0 bridgehead atoms. The standard InChI is InChI=1S/C17H18N2O4/c1-10-6-7-12(17(22)23)9-19(10)16(21)13-8-11-4-2-3-5-14(11)18-15(13)20/h2-5,8,10,12H,6-7,9H2,1H3,(H,18,20)(H,22,23). The van der Waals surface area contributed by atoms with Gasteiger partial charge in [0.2, 0.25) is 0 Å². The van der Waals surface area contributed by atoms with Crippen LogP contribution in [0.25, 0.3) is 10.9 Å². The Bertz CT molecular complexity index is 827. The van der Waals surface area contributed by atoms with E-state index in [0.29, 0.717) is 18.4 Å². The number of amides is 1. The van der Waals surface area contributed by atoms with Gasteiger partial charge in [-0.3, -0.25) is 14.4 Å². The molecule has 120 valence electrons. The number of para-hydroxylation sites is 1. The molecule has 2 aromatic rings. The lowest BCUT2D eigenvalue weighted by Gasteiger charge is -2.36. The SMILES string of the molecule is CC1CCC(C(=O)O)CN1C(=O)c1cc2ccccc2[nH]c1=O. The number of benzene rings is 1. The Morgan fingerprint density at radius 3 is 2.74 bits per heavy atom. The maximum absolute atomic E-state index is 12.8. The molecule has 2 unspecified atom stereocenters. The van der Waals surface area contributed by atoms with E-state index in [1.54, 1.807) is 12.1 Å². The number of nitrogens with zero attached hydrogens (tertiary/aromatic N) is 1. The fourth-order valence-electron chi connectivity index (χ4n) is 3.05. The number of hydrogen-bond acceptors (Lipinski definition) is 3. The van der Waals surface area contributed by atoms with Crippen molar-refractivity contribution in [3.63, 3.8) is 0 Å². The summed E-state index contributed by atoms with van der Waals surface area (Å²) < 4.78 is 0. The van der Waals surface area contributed by atoms with E-state index in [1.165, 1.54) is 4.90 Å². The van der Waals surface area contributed by atoms with Gasteiger partial charge in [0.15, 0.2) is 0 Å². The number of carboxylic acid groups (broad SMARTS) is 1. The van der Waals surface area contributed by atoms with Crippen molar-refractivity contribution < 1.29 is 14.7 Å². The largest absolute Gasteiger partial charge is 0.481 e. The van der Waals surface area contributed by atoms with Crippen LogP contribution in [0.3, 0.4) is 0 Å². The molecule has 23 heavy (non-hydrogen) atoms. The molecule has 0 saturated carbocycles. The van der Waals surface area contributed by atoms with Crippen molar-refractivity contribution >= 4 is 22.8 Å². The number of pyridine rings is 1. The van der Waals surface area contributed by atoms with Crippen molar-refractivity contribution in [3.05, 3.63) is 46.2 Å². The van der Waals surface area contributed by atoms with Crippen LogP contribution in [0.5, 0.6) is 0 Å². The minimum absolute atomic E-state index is 0.0570. The van der Waals surface area contributed by atoms with E-state index in [-0.39, 0.29) is 18.2 Å². The number of rotatable bonds is 2. The van der Waals surface area contributed by atoms with Crippen LogP contribution in [-0.4, -0.2) is 39.5 Å². The van der Waals surface area contributed by atoms with E-state index in [1.807, 2.05) is 25.1 Å². The summed E-state index contributed by atoms with van der Waals surface area (Å²) in [4.78, 5) is 40.4. The minimum Gasteiger partial charge on any atom is -0.481 e. The van der Waals surface area contributed by atoms with Crippen LogP contribution in [0.15, 0.2) is 35.1 Å². The molecule has 2 atom stereocenters. The van der Waals surface area contributed by atoms with Crippen LogP contribution >= 0.6 is 0 Å². The van der Waals surface area contributed by atoms with Gasteiger partial charge in [0.1, 0.15) is 5.56 Å². The first kappa shape index (κ1) is 15.3. The lowest BCUT2D eigenvalue weighted by atomic mass is 9.93. The average Bonchev–Trinajstić information content (AvgIpc) is 2.53. The molecule has 1 aromatic heterocycles. The zero-order chi connectivity index (χ0) is 16.6. The smallest absolute Gasteiger partial charge is 0.308 e.